The molecule has 0 bridgehead atoms. The molecule has 19 heavy (non-hydrogen) atoms. The lowest BCUT2D eigenvalue weighted by Crippen LogP contribution is -2.52. The monoisotopic (exact) mass is 270 g/mol. The van der Waals surface area contributed by atoms with E-state index in [1.807, 2.05) is 6.92 Å². The van der Waals surface area contributed by atoms with E-state index in [-0.39, 0.29) is 6.03 Å². The summed E-state index contributed by atoms with van der Waals surface area (Å²) in [4.78, 5) is 25.1. The van der Waals surface area contributed by atoms with Gasteiger partial charge in [0.25, 0.3) is 0 Å². The van der Waals surface area contributed by atoms with Crippen LogP contribution in [0.2, 0.25) is 0 Å². The van der Waals surface area contributed by atoms with Gasteiger partial charge in [-0.25, -0.2) is 4.79 Å². The SMILES string of the molecule is CCC1(C(=O)O)CCCN(C(=O)NCCC(C)C)C1. The van der Waals surface area contributed by atoms with Gasteiger partial charge in [0, 0.05) is 19.6 Å². The first-order chi connectivity index (χ1) is 8.91. The zero-order valence-corrected chi connectivity index (χ0v) is 12.2. The predicted octanol–water partition coefficient (Wildman–Crippen LogP) is 2.32. The zero-order valence-electron chi connectivity index (χ0n) is 12.2. The average molecular weight is 270 g/mol. The van der Waals surface area contributed by atoms with Crippen molar-refractivity contribution in [3.8, 4) is 0 Å². The summed E-state index contributed by atoms with van der Waals surface area (Å²) in [6.45, 7) is 7.74. The molecule has 1 heterocycles. The van der Waals surface area contributed by atoms with Gasteiger partial charge < -0.3 is 15.3 Å². The Bertz CT molecular complexity index is 331. The van der Waals surface area contributed by atoms with Crippen molar-refractivity contribution in [2.75, 3.05) is 19.6 Å². The van der Waals surface area contributed by atoms with Gasteiger partial charge in [-0.15, -0.1) is 0 Å². The lowest BCUT2D eigenvalue weighted by atomic mass is 9.78. The number of hydrogen-bond donors (Lipinski definition) is 2. The fraction of sp³-hybridized carbons (Fsp3) is 0.857. The maximum absolute atomic E-state index is 12.0. The molecule has 0 aromatic carbocycles. The minimum Gasteiger partial charge on any atom is -0.481 e. The van der Waals surface area contributed by atoms with Crippen LogP contribution in [0.15, 0.2) is 0 Å². The number of hydrogen-bond acceptors (Lipinski definition) is 2. The second-order valence-electron chi connectivity index (χ2n) is 5.88. The molecule has 110 valence electrons. The highest BCUT2D eigenvalue weighted by atomic mass is 16.4. The molecule has 0 aliphatic carbocycles. The van der Waals surface area contributed by atoms with E-state index in [1.54, 1.807) is 4.90 Å². The molecule has 0 aromatic heterocycles. The fourth-order valence-electron chi connectivity index (χ4n) is 2.50. The smallest absolute Gasteiger partial charge is 0.317 e. The van der Waals surface area contributed by atoms with Gasteiger partial charge in [-0.05, 0) is 31.6 Å². The fourth-order valence-corrected chi connectivity index (χ4v) is 2.50. The highest BCUT2D eigenvalue weighted by Crippen LogP contribution is 2.33. The Morgan fingerprint density at radius 2 is 2.11 bits per heavy atom. The molecule has 1 fully saturated rings. The summed E-state index contributed by atoms with van der Waals surface area (Å²) in [5.74, 6) is -0.231. The standard InChI is InChI=1S/C14H26N2O3/c1-4-14(12(17)18)7-5-9-16(10-14)13(19)15-8-6-11(2)3/h11H,4-10H2,1-3H3,(H,15,19)(H,17,18). The predicted molar refractivity (Wildman–Crippen MR) is 74.0 cm³/mol. The Labute approximate surface area is 115 Å². The highest BCUT2D eigenvalue weighted by molar-refractivity contribution is 5.78. The summed E-state index contributed by atoms with van der Waals surface area (Å²) in [5, 5.41) is 12.3. The van der Waals surface area contributed by atoms with E-state index in [0.717, 1.165) is 12.8 Å². The van der Waals surface area contributed by atoms with Gasteiger partial charge in [0.15, 0.2) is 0 Å². The number of likely N-dealkylation sites (tertiary alicyclic amines) is 1. The van der Waals surface area contributed by atoms with Crippen LogP contribution in [0.25, 0.3) is 0 Å². The first kappa shape index (κ1) is 15.8. The van der Waals surface area contributed by atoms with E-state index in [2.05, 4.69) is 19.2 Å². The molecule has 1 aliphatic rings. The topological polar surface area (TPSA) is 69.6 Å². The van der Waals surface area contributed by atoms with E-state index in [1.165, 1.54) is 0 Å². The van der Waals surface area contributed by atoms with Gasteiger partial charge in [-0.1, -0.05) is 20.8 Å². The van der Waals surface area contributed by atoms with Crippen molar-refractivity contribution in [1.29, 1.82) is 0 Å². The van der Waals surface area contributed by atoms with E-state index < -0.39 is 11.4 Å². The molecule has 2 amide bonds. The third kappa shape index (κ3) is 4.11. The van der Waals surface area contributed by atoms with Crippen LogP contribution in [-0.4, -0.2) is 41.6 Å². The van der Waals surface area contributed by atoms with Crippen LogP contribution in [-0.2, 0) is 4.79 Å². The van der Waals surface area contributed by atoms with Gasteiger partial charge in [0.1, 0.15) is 0 Å². The van der Waals surface area contributed by atoms with Crippen molar-refractivity contribution in [2.45, 2.75) is 46.5 Å². The van der Waals surface area contributed by atoms with Crippen LogP contribution in [0.4, 0.5) is 4.79 Å². The van der Waals surface area contributed by atoms with E-state index in [0.29, 0.717) is 38.4 Å². The Balaban J connectivity index is 2.54. The minimum absolute atomic E-state index is 0.126. The number of carboxylic acid groups (broad SMARTS) is 1. The lowest BCUT2D eigenvalue weighted by molar-refractivity contribution is -0.152. The number of rotatable bonds is 5. The quantitative estimate of drug-likeness (QED) is 0.805. The van der Waals surface area contributed by atoms with Crippen molar-refractivity contribution < 1.29 is 14.7 Å². The molecule has 1 unspecified atom stereocenters. The minimum atomic E-state index is -0.783. The molecule has 1 atom stereocenters. The van der Waals surface area contributed by atoms with Crippen LogP contribution in [0.1, 0.15) is 46.5 Å². The second-order valence-corrected chi connectivity index (χ2v) is 5.88. The van der Waals surface area contributed by atoms with E-state index >= 15 is 0 Å². The van der Waals surface area contributed by atoms with E-state index in [4.69, 9.17) is 0 Å². The summed E-state index contributed by atoms with van der Waals surface area (Å²) in [7, 11) is 0. The number of nitrogens with zero attached hydrogens (tertiary/aromatic N) is 1. The number of amides is 2. The molecule has 0 saturated carbocycles. The van der Waals surface area contributed by atoms with Gasteiger partial charge >= 0.3 is 12.0 Å². The van der Waals surface area contributed by atoms with Crippen LogP contribution < -0.4 is 5.32 Å². The third-order valence-corrected chi connectivity index (χ3v) is 3.99. The second kappa shape index (κ2) is 6.78. The Morgan fingerprint density at radius 1 is 1.42 bits per heavy atom. The third-order valence-electron chi connectivity index (χ3n) is 3.99. The summed E-state index contributed by atoms with van der Waals surface area (Å²) in [6, 6.07) is -0.126. The summed E-state index contributed by atoms with van der Waals surface area (Å²) < 4.78 is 0. The Hall–Kier alpha value is -1.26. The van der Waals surface area contributed by atoms with Gasteiger partial charge in [0.2, 0.25) is 0 Å². The van der Waals surface area contributed by atoms with Crippen LogP contribution >= 0.6 is 0 Å². The molecule has 5 nitrogen and oxygen atoms in total. The lowest BCUT2D eigenvalue weighted by Gasteiger charge is -2.39. The summed E-state index contributed by atoms with van der Waals surface area (Å²) in [6.07, 6.45) is 2.93. The van der Waals surface area contributed by atoms with Gasteiger partial charge in [-0.3, -0.25) is 4.79 Å². The maximum Gasteiger partial charge on any atom is 0.317 e. The van der Waals surface area contributed by atoms with E-state index in [9.17, 15) is 14.7 Å². The van der Waals surface area contributed by atoms with Crippen LogP contribution in [0.5, 0.6) is 0 Å². The molecule has 1 saturated heterocycles. The van der Waals surface area contributed by atoms with Crippen molar-refractivity contribution in [3.05, 3.63) is 0 Å². The molecular weight excluding hydrogens is 244 g/mol. The number of carbonyl (C=O) groups excluding carboxylic acids is 1. The maximum atomic E-state index is 12.0. The molecule has 0 spiro atoms. The van der Waals surface area contributed by atoms with Crippen molar-refractivity contribution in [3.63, 3.8) is 0 Å². The molecule has 2 N–H and O–H groups in total. The summed E-state index contributed by atoms with van der Waals surface area (Å²) in [5.41, 5.74) is -0.756. The first-order valence-electron chi connectivity index (χ1n) is 7.17. The van der Waals surface area contributed by atoms with Gasteiger partial charge in [-0.2, -0.15) is 0 Å². The number of urea groups is 1. The van der Waals surface area contributed by atoms with Gasteiger partial charge in [0.05, 0.1) is 5.41 Å². The number of nitrogens with one attached hydrogen (secondary N) is 1. The molecule has 1 aliphatic heterocycles. The average Bonchev–Trinajstić information content (AvgIpc) is 2.38. The molecule has 0 radical (unpaired) electrons. The van der Waals surface area contributed by atoms with Crippen LogP contribution in [0, 0.1) is 11.3 Å². The van der Waals surface area contributed by atoms with Crippen molar-refractivity contribution in [2.24, 2.45) is 11.3 Å². The molecular formula is C14H26N2O3. The number of carbonyl (C=O) groups is 2. The number of aliphatic carboxylic acids is 1. The largest absolute Gasteiger partial charge is 0.481 e. The first-order valence-corrected chi connectivity index (χ1v) is 7.17. The Morgan fingerprint density at radius 3 is 2.63 bits per heavy atom. The normalized spacial score (nSPS) is 23.5. The Kier molecular flexibility index (Phi) is 5.63. The molecule has 1 rings (SSSR count). The highest BCUT2D eigenvalue weighted by Gasteiger charge is 2.42. The number of carboxylic acids is 1. The molecule has 5 heteroatoms. The van der Waals surface area contributed by atoms with Crippen molar-refractivity contribution in [1.82, 2.24) is 10.2 Å². The van der Waals surface area contributed by atoms with Crippen LogP contribution in [0.3, 0.4) is 0 Å². The zero-order chi connectivity index (χ0) is 14.5. The summed E-state index contributed by atoms with van der Waals surface area (Å²) >= 11 is 0. The molecule has 0 aromatic rings. The van der Waals surface area contributed by atoms with Crippen molar-refractivity contribution >= 4 is 12.0 Å². The number of piperidine rings is 1.